The zero-order valence-corrected chi connectivity index (χ0v) is 12.5. The van der Waals surface area contributed by atoms with E-state index in [4.69, 9.17) is 11.6 Å². The molecule has 1 heterocycles. The third kappa shape index (κ3) is 4.10. The highest BCUT2D eigenvalue weighted by molar-refractivity contribution is 6.30. The van der Waals surface area contributed by atoms with Crippen molar-refractivity contribution >= 4 is 23.4 Å². The number of rotatable bonds is 6. The molecule has 2 rings (SSSR count). The van der Waals surface area contributed by atoms with Gasteiger partial charge in [0.2, 0.25) is 5.95 Å². The van der Waals surface area contributed by atoms with E-state index in [0.717, 1.165) is 29.4 Å². The third-order valence-electron chi connectivity index (χ3n) is 2.92. The summed E-state index contributed by atoms with van der Waals surface area (Å²) in [4.78, 5) is 8.62. The maximum Gasteiger partial charge on any atom is 0.224 e. The molecule has 0 bridgehead atoms. The lowest BCUT2D eigenvalue weighted by atomic mass is 10.1. The molecular formula is C15H19ClN4. The molecule has 4 nitrogen and oxygen atoms in total. The van der Waals surface area contributed by atoms with Gasteiger partial charge >= 0.3 is 0 Å². The van der Waals surface area contributed by atoms with Crippen LogP contribution in [0.1, 0.15) is 31.9 Å². The smallest absolute Gasteiger partial charge is 0.224 e. The summed E-state index contributed by atoms with van der Waals surface area (Å²) < 4.78 is 0. The van der Waals surface area contributed by atoms with Gasteiger partial charge in [-0.1, -0.05) is 30.7 Å². The van der Waals surface area contributed by atoms with Crippen molar-refractivity contribution in [2.45, 2.75) is 26.3 Å². The Labute approximate surface area is 124 Å². The minimum Gasteiger partial charge on any atom is -0.363 e. The molecular weight excluding hydrogens is 272 g/mol. The molecule has 1 aromatic heterocycles. The summed E-state index contributed by atoms with van der Waals surface area (Å²) in [6, 6.07) is 9.83. The van der Waals surface area contributed by atoms with Gasteiger partial charge < -0.3 is 10.6 Å². The maximum atomic E-state index is 5.90. The third-order valence-corrected chi connectivity index (χ3v) is 3.18. The predicted octanol–water partition coefficient (Wildman–Crippen LogP) is 4.13. The van der Waals surface area contributed by atoms with Crippen LogP contribution in [0.2, 0.25) is 5.02 Å². The fourth-order valence-electron chi connectivity index (χ4n) is 1.82. The largest absolute Gasteiger partial charge is 0.363 e. The van der Waals surface area contributed by atoms with E-state index in [2.05, 4.69) is 34.4 Å². The summed E-state index contributed by atoms with van der Waals surface area (Å²) in [6.07, 6.45) is 2.80. The van der Waals surface area contributed by atoms with Crippen LogP contribution in [-0.2, 0) is 0 Å². The molecule has 0 fully saturated rings. The Kier molecular flexibility index (Phi) is 5.18. The van der Waals surface area contributed by atoms with E-state index in [9.17, 15) is 0 Å². The van der Waals surface area contributed by atoms with Gasteiger partial charge in [0.15, 0.2) is 0 Å². The van der Waals surface area contributed by atoms with E-state index >= 15 is 0 Å². The van der Waals surface area contributed by atoms with Gasteiger partial charge in [0.1, 0.15) is 5.82 Å². The first-order valence-electron chi connectivity index (χ1n) is 6.78. The van der Waals surface area contributed by atoms with Crippen molar-refractivity contribution in [3.63, 3.8) is 0 Å². The summed E-state index contributed by atoms with van der Waals surface area (Å²) in [6.45, 7) is 5.07. The van der Waals surface area contributed by atoms with Gasteiger partial charge in [-0.3, -0.25) is 0 Å². The summed E-state index contributed by atoms with van der Waals surface area (Å²) in [7, 11) is 0. The topological polar surface area (TPSA) is 49.8 Å². The second-order valence-electron chi connectivity index (χ2n) is 4.61. The van der Waals surface area contributed by atoms with E-state index in [-0.39, 0.29) is 6.04 Å². The van der Waals surface area contributed by atoms with Gasteiger partial charge in [-0.25, -0.2) is 4.98 Å². The number of anilines is 2. The molecule has 0 aliphatic carbocycles. The minimum atomic E-state index is 0.154. The Bertz CT molecular complexity index is 542. The molecule has 106 valence electrons. The molecule has 0 radical (unpaired) electrons. The number of aromatic nitrogens is 2. The minimum absolute atomic E-state index is 0.154. The van der Waals surface area contributed by atoms with E-state index in [1.165, 1.54) is 0 Å². The maximum absolute atomic E-state index is 5.90. The number of nitrogens with one attached hydrogen (secondary N) is 2. The van der Waals surface area contributed by atoms with Crippen LogP contribution in [0, 0.1) is 0 Å². The summed E-state index contributed by atoms with van der Waals surface area (Å²) in [5, 5.41) is 7.28. The average molecular weight is 291 g/mol. The van der Waals surface area contributed by atoms with Gasteiger partial charge in [0.25, 0.3) is 0 Å². The van der Waals surface area contributed by atoms with E-state index in [0.29, 0.717) is 5.95 Å². The monoisotopic (exact) mass is 290 g/mol. The Balaban J connectivity index is 2.03. The second-order valence-corrected chi connectivity index (χ2v) is 5.05. The Morgan fingerprint density at radius 3 is 2.65 bits per heavy atom. The SMILES string of the molecule is CCCNc1nccc(NC(C)c2ccc(Cl)cc2)n1. The van der Waals surface area contributed by atoms with Crippen molar-refractivity contribution in [3.05, 3.63) is 47.1 Å². The number of hydrogen-bond acceptors (Lipinski definition) is 4. The lowest BCUT2D eigenvalue weighted by Gasteiger charge is -2.15. The van der Waals surface area contributed by atoms with Crippen molar-refractivity contribution in [2.75, 3.05) is 17.2 Å². The molecule has 0 amide bonds. The van der Waals surface area contributed by atoms with Gasteiger partial charge in [0, 0.05) is 23.8 Å². The van der Waals surface area contributed by atoms with Crippen LogP contribution < -0.4 is 10.6 Å². The fourth-order valence-corrected chi connectivity index (χ4v) is 1.94. The normalized spacial score (nSPS) is 11.9. The first kappa shape index (κ1) is 14.6. The molecule has 2 aromatic rings. The number of halogens is 1. The van der Waals surface area contributed by atoms with E-state index in [1.807, 2.05) is 30.3 Å². The van der Waals surface area contributed by atoms with Crippen LogP contribution in [-0.4, -0.2) is 16.5 Å². The molecule has 0 saturated carbocycles. The molecule has 1 atom stereocenters. The van der Waals surface area contributed by atoms with E-state index < -0.39 is 0 Å². The standard InChI is InChI=1S/C15H19ClN4/c1-3-9-17-15-18-10-8-14(20-15)19-11(2)12-4-6-13(16)7-5-12/h4-8,10-11H,3,9H2,1-2H3,(H2,17,18,19,20). The molecule has 2 N–H and O–H groups in total. The second kappa shape index (κ2) is 7.10. The molecule has 0 aliphatic rings. The summed E-state index contributed by atoms with van der Waals surface area (Å²) in [5.74, 6) is 1.46. The number of benzene rings is 1. The van der Waals surface area contributed by atoms with Crippen LogP contribution in [0.3, 0.4) is 0 Å². The Morgan fingerprint density at radius 1 is 1.20 bits per heavy atom. The number of nitrogens with zero attached hydrogens (tertiary/aromatic N) is 2. The summed E-state index contributed by atoms with van der Waals surface area (Å²) >= 11 is 5.90. The fraction of sp³-hybridized carbons (Fsp3) is 0.333. The van der Waals surface area contributed by atoms with Crippen molar-refractivity contribution in [3.8, 4) is 0 Å². The van der Waals surface area contributed by atoms with Crippen molar-refractivity contribution in [1.29, 1.82) is 0 Å². The van der Waals surface area contributed by atoms with Gasteiger partial charge in [-0.05, 0) is 37.1 Å². The van der Waals surface area contributed by atoms with Crippen LogP contribution in [0.4, 0.5) is 11.8 Å². The Morgan fingerprint density at radius 2 is 1.95 bits per heavy atom. The summed E-state index contributed by atoms with van der Waals surface area (Å²) in [5.41, 5.74) is 1.16. The first-order valence-corrected chi connectivity index (χ1v) is 7.15. The molecule has 0 saturated heterocycles. The average Bonchev–Trinajstić information content (AvgIpc) is 2.46. The zero-order chi connectivity index (χ0) is 14.4. The number of hydrogen-bond donors (Lipinski definition) is 2. The van der Waals surface area contributed by atoms with Crippen LogP contribution in [0.15, 0.2) is 36.5 Å². The van der Waals surface area contributed by atoms with Gasteiger partial charge in [-0.15, -0.1) is 0 Å². The van der Waals surface area contributed by atoms with Crippen molar-refractivity contribution in [1.82, 2.24) is 9.97 Å². The van der Waals surface area contributed by atoms with E-state index in [1.54, 1.807) is 6.20 Å². The van der Waals surface area contributed by atoms with Gasteiger partial charge in [0.05, 0.1) is 0 Å². The molecule has 5 heteroatoms. The van der Waals surface area contributed by atoms with Crippen molar-refractivity contribution < 1.29 is 0 Å². The van der Waals surface area contributed by atoms with Crippen LogP contribution in [0.25, 0.3) is 0 Å². The molecule has 20 heavy (non-hydrogen) atoms. The molecule has 1 aromatic carbocycles. The molecule has 0 aliphatic heterocycles. The van der Waals surface area contributed by atoms with Gasteiger partial charge in [-0.2, -0.15) is 4.98 Å². The highest BCUT2D eigenvalue weighted by Crippen LogP contribution is 2.20. The quantitative estimate of drug-likeness (QED) is 0.840. The molecule has 1 unspecified atom stereocenters. The molecule has 0 spiro atoms. The zero-order valence-electron chi connectivity index (χ0n) is 11.7. The lowest BCUT2D eigenvalue weighted by molar-refractivity contribution is 0.870. The lowest BCUT2D eigenvalue weighted by Crippen LogP contribution is -2.10. The van der Waals surface area contributed by atoms with Crippen LogP contribution >= 0.6 is 11.6 Å². The highest BCUT2D eigenvalue weighted by Gasteiger charge is 2.06. The Hall–Kier alpha value is -1.81. The highest BCUT2D eigenvalue weighted by atomic mass is 35.5. The van der Waals surface area contributed by atoms with Crippen molar-refractivity contribution in [2.24, 2.45) is 0 Å². The van der Waals surface area contributed by atoms with Crippen LogP contribution in [0.5, 0.6) is 0 Å². The predicted molar refractivity (Wildman–Crippen MR) is 84.3 cm³/mol. The first-order chi connectivity index (χ1) is 9.69.